The molecule has 0 radical (unpaired) electrons. The molecule has 0 aliphatic carbocycles. The molecule has 0 fully saturated rings. The third kappa shape index (κ3) is 2.32. The van der Waals surface area contributed by atoms with Gasteiger partial charge in [0.1, 0.15) is 5.03 Å². The highest BCUT2D eigenvalue weighted by Gasteiger charge is 2.09. The first kappa shape index (κ1) is 11.2. The number of rotatable bonds is 2. The average molecular weight is 212 g/mol. The molecule has 78 valence electrons. The molecule has 1 N–H and O–H groups in total. The van der Waals surface area contributed by atoms with E-state index in [0.29, 0.717) is 10.9 Å². The Hall–Kier alpha value is -0.900. The Morgan fingerprint density at radius 2 is 2.07 bits per heavy atom. The zero-order valence-corrected chi connectivity index (χ0v) is 9.81. The summed E-state index contributed by atoms with van der Waals surface area (Å²) < 4.78 is 18.8. The van der Waals surface area contributed by atoms with Crippen LogP contribution in [0.15, 0.2) is 17.3 Å². The number of hydrogen-bond donors (Lipinski definition) is 1. The van der Waals surface area contributed by atoms with E-state index in [0.717, 1.165) is 11.1 Å². The highest BCUT2D eigenvalue weighted by Crippen LogP contribution is 2.19. The van der Waals surface area contributed by atoms with Gasteiger partial charge in [-0.05, 0) is 30.0 Å². The Bertz CT molecular complexity index is 435. The SMILES string of the molecule is Cc1cc(S(C)(=N)=O)ncc1C(C)C. The lowest BCUT2D eigenvalue weighted by atomic mass is 10.0. The highest BCUT2D eigenvalue weighted by molar-refractivity contribution is 7.91. The van der Waals surface area contributed by atoms with Crippen LogP contribution in [0.25, 0.3) is 0 Å². The van der Waals surface area contributed by atoms with Gasteiger partial charge in [-0.15, -0.1) is 0 Å². The summed E-state index contributed by atoms with van der Waals surface area (Å²) in [6.07, 6.45) is 3.12. The first-order valence-electron chi connectivity index (χ1n) is 4.52. The molecule has 0 aliphatic rings. The predicted octanol–water partition coefficient (Wildman–Crippen LogP) is 2.55. The summed E-state index contributed by atoms with van der Waals surface area (Å²) >= 11 is 0. The molecule has 0 spiro atoms. The van der Waals surface area contributed by atoms with E-state index in [2.05, 4.69) is 18.8 Å². The maximum atomic E-state index is 11.4. The molecule has 1 aromatic heterocycles. The highest BCUT2D eigenvalue weighted by atomic mass is 32.2. The monoisotopic (exact) mass is 212 g/mol. The van der Waals surface area contributed by atoms with Crippen LogP contribution >= 0.6 is 0 Å². The van der Waals surface area contributed by atoms with Gasteiger partial charge in [0.25, 0.3) is 0 Å². The lowest BCUT2D eigenvalue weighted by molar-refractivity contribution is 0.675. The maximum Gasteiger partial charge on any atom is 0.135 e. The number of pyridine rings is 1. The Kier molecular flexibility index (Phi) is 2.95. The molecule has 1 rings (SSSR count). The van der Waals surface area contributed by atoms with E-state index < -0.39 is 9.73 Å². The molecule has 4 heteroatoms. The van der Waals surface area contributed by atoms with E-state index in [9.17, 15) is 4.21 Å². The smallest absolute Gasteiger partial charge is 0.135 e. The second-order valence-electron chi connectivity index (χ2n) is 3.88. The van der Waals surface area contributed by atoms with Gasteiger partial charge in [0.2, 0.25) is 0 Å². The van der Waals surface area contributed by atoms with E-state index in [-0.39, 0.29) is 0 Å². The van der Waals surface area contributed by atoms with Crippen molar-refractivity contribution in [2.75, 3.05) is 6.26 Å². The molecule has 3 nitrogen and oxygen atoms in total. The normalized spacial score (nSPS) is 15.5. The van der Waals surface area contributed by atoms with Crippen LogP contribution in [-0.2, 0) is 9.73 Å². The first-order chi connectivity index (χ1) is 6.32. The van der Waals surface area contributed by atoms with Crippen LogP contribution in [0.1, 0.15) is 30.9 Å². The van der Waals surface area contributed by atoms with Crippen molar-refractivity contribution in [3.05, 3.63) is 23.4 Å². The molecule has 0 aliphatic heterocycles. The number of nitrogens with one attached hydrogen (secondary N) is 1. The molecule has 0 saturated heterocycles. The fourth-order valence-electron chi connectivity index (χ4n) is 1.36. The fourth-order valence-corrected chi connectivity index (χ4v) is 2.01. The zero-order valence-electron chi connectivity index (χ0n) is 9.00. The summed E-state index contributed by atoms with van der Waals surface area (Å²) in [7, 11) is -2.68. The molecule has 0 saturated carbocycles. The van der Waals surface area contributed by atoms with Gasteiger partial charge in [-0.3, -0.25) is 0 Å². The maximum absolute atomic E-state index is 11.4. The number of nitrogens with zero attached hydrogens (tertiary/aromatic N) is 1. The Morgan fingerprint density at radius 1 is 1.50 bits per heavy atom. The van der Waals surface area contributed by atoms with Crippen LogP contribution in [0.4, 0.5) is 0 Å². The molecule has 1 atom stereocenters. The van der Waals surface area contributed by atoms with Gasteiger partial charge in [0, 0.05) is 12.5 Å². The second-order valence-corrected chi connectivity index (χ2v) is 5.98. The third-order valence-electron chi connectivity index (χ3n) is 2.15. The van der Waals surface area contributed by atoms with Crippen molar-refractivity contribution in [3.8, 4) is 0 Å². The summed E-state index contributed by atoms with van der Waals surface area (Å²) in [6.45, 7) is 6.15. The molecular weight excluding hydrogens is 196 g/mol. The van der Waals surface area contributed by atoms with Gasteiger partial charge in [0.15, 0.2) is 0 Å². The van der Waals surface area contributed by atoms with Crippen molar-refractivity contribution < 1.29 is 4.21 Å². The van der Waals surface area contributed by atoms with E-state index in [1.165, 1.54) is 6.26 Å². The first-order valence-corrected chi connectivity index (χ1v) is 6.49. The summed E-state index contributed by atoms with van der Waals surface area (Å²) in [4.78, 5) is 4.07. The molecular formula is C10H16N2OS. The Balaban J connectivity index is 3.27. The van der Waals surface area contributed by atoms with Gasteiger partial charge in [0.05, 0.1) is 9.73 Å². The summed E-state index contributed by atoms with van der Waals surface area (Å²) in [5.41, 5.74) is 2.21. The van der Waals surface area contributed by atoms with Crippen LogP contribution in [0.5, 0.6) is 0 Å². The number of hydrogen-bond acceptors (Lipinski definition) is 3. The van der Waals surface area contributed by atoms with Crippen molar-refractivity contribution >= 4 is 9.73 Å². The quantitative estimate of drug-likeness (QED) is 0.819. The van der Waals surface area contributed by atoms with Crippen molar-refractivity contribution in [1.29, 1.82) is 4.78 Å². The third-order valence-corrected chi connectivity index (χ3v) is 3.17. The van der Waals surface area contributed by atoms with Gasteiger partial charge < -0.3 is 0 Å². The van der Waals surface area contributed by atoms with Crippen LogP contribution in [-0.4, -0.2) is 15.4 Å². The molecule has 14 heavy (non-hydrogen) atoms. The van der Waals surface area contributed by atoms with Crippen molar-refractivity contribution in [2.45, 2.75) is 31.7 Å². The Labute approximate surface area is 85.5 Å². The largest absolute Gasteiger partial charge is 0.248 e. The zero-order chi connectivity index (χ0) is 10.9. The lowest BCUT2D eigenvalue weighted by Crippen LogP contribution is -2.02. The summed E-state index contributed by atoms with van der Waals surface area (Å²) in [5.74, 6) is 0.412. The van der Waals surface area contributed by atoms with Gasteiger partial charge in [-0.2, -0.15) is 0 Å². The van der Waals surface area contributed by atoms with E-state index in [4.69, 9.17) is 4.78 Å². The molecule has 0 amide bonds. The van der Waals surface area contributed by atoms with E-state index in [1.54, 1.807) is 12.3 Å². The second kappa shape index (κ2) is 3.69. The molecule has 1 aromatic rings. The van der Waals surface area contributed by atoms with Crippen molar-refractivity contribution in [1.82, 2.24) is 4.98 Å². The topological polar surface area (TPSA) is 53.8 Å². The van der Waals surface area contributed by atoms with Gasteiger partial charge >= 0.3 is 0 Å². The molecule has 1 unspecified atom stereocenters. The molecule has 1 heterocycles. The van der Waals surface area contributed by atoms with Crippen LogP contribution in [0.2, 0.25) is 0 Å². The molecule has 0 aromatic carbocycles. The van der Waals surface area contributed by atoms with Gasteiger partial charge in [-0.25, -0.2) is 14.0 Å². The standard InChI is InChI=1S/C10H16N2OS/c1-7(2)9-6-12-10(5-8(9)3)14(4,11)13/h5-7,11H,1-4H3. The van der Waals surface area contributed by atoms with Crippen molar-refractivity contribution in [2.24, 2.45) is 0 Å². The van der Waals surface area contributed by atoms with Gasteiger partial charge in [-0.1, -0.05) is 13.8 Å². The fraction of sp³-hybridized carbons (Fsp3) is 0.500. The minimum atomic E-state index is -2.68. The van der Waals surface area contributed by atoms with Crippen LogP contribution in [0.3, 0.4) is 0 Å². The van der Waals surface area contributed by atoms with Crippen molar-refractivity contribution in [3.63, 3.8) is 0 Å². The minimum absolute atomic E-state index is 0.374. The molecule has 0 bridgehead atoms. The van der Waals surface area contributed by atoms with Crippen LogP contribution in [0, 0.1) is 11.7 Å². The lowest BCUT2D eigenvalue weighted by Gasteiger charge is -2.10. The summed E-state index contributed by atoms with van der Waals surface area (Å²) in [5, 5.41) is 0.374. The van der Waals surface area contributed by atoms with E-state index in [1.807, 2.05) is 6.92 Å². The van der Waals surface area contributed by atoms with E-state index >= 15 is 0 Å². The predicted molar refractivity (Wildman–Crippen MR) is 58.1 cm³/mol. The number of aryl methyl sites for hydroxylation is 1. The number of aromatic nitrogens is 1. The Morgan fingerprint density at radius 3 is 2.43 bits per heavy atom. The average Bonchev–Trinajstić information content (AvgIpc) is 2.01. The summed E-state index contributed by atoms with van der Waals surface area (Å²) in [6, 6.07) is 1.75. The minimum Gasteiger partial charge on any atom is -0.248 e. The van der Waals surface area contributed by atoms with Crippen LogP contribution < -0.4 is 0 Å².